The molecule has 0 spiro atoms. The maximum Gasteiger partial charge on any atom is 0.416 e. The Hall–Kier alpha value is -3.47. The van der Waals surface area contributed by atoms with E-state index in [2.05, 4.69) is 5.32 Å². The summed E-state index contributed by atoms with van der Waals surface area (Å²) in [6.07, 6.45) is 5.32. The van der Waals surface area contributed by atoms with Crippen molar-refractivity contribution in [1.82, 2.24) is 5.32 Å². The predicted molar refractivity (Wildman–Crippen MR) is 116 cm³/mol. The summed E-state index contributed by atoms with van der Waals surface area (Å²) in [5.74, 6) is 0.480. The number of terminal acetylenes is 1. The number of nitrogens with zero attached hydrogens (tertiary/aromatic N) is 1. The quantitative estimate of drug-likeness (QED) is 0.530. The van der Waals surface area contributed by atoms with Crippen molar-refractivity contribution in [2.75, 3.05) is 10.6 Å². The SMILES string of the molecule is C#CC(=O)N(c1cccc(C(F)(F)F)c1)C(C(=O)NC1CCCCC1)c1cccc(N)c1. The van der Waals surface area contributed by atoms with Gasteiger partial charge in [0.25, 0.3) is 0 Å². The van der Waals surface area contributed by atoms with Crippen molar-refractivity contribution < 1.29 is 22.8 Å². The van der Waals surface area contributed by atoms with Gasteiger partial charge in [0.1, 0.15) is 6.04 Å². The average molecular weight is 443 g/mol. The summed E-state index contributed by atoms with van der Waals surface area (Å²) in [5, 5.41) is 2.95. The van der Waals surface area contributed by atoms with Crippen LogP contribution >= 0.6 is 0 Å². The van der Waals surface area contributed by atoms with E-state index < -0.39 is 29.6 Å². The molecule has 0 aliphatic heterocycles. The second kappa shape index (κ2) is 9.77. The molecule has 0 heterocycles. The molecule has 5 nitrogen and oxygen atoms in total. The molecule has 0 radical (unpaired) electrons. The van der Waals surface area contributed by atoms with Crippen molar-refractivity contribution in [3.8, 4) is 12.3 Å². The smallest absolute Gasteiger partial charge is 0.399 e. The lowest BCUT2D eigenvalue weighted by molar-refractivity contribution is -0.137. The standard InChI is InChI=1S/C24H24F3N3O2/c1-2-21(31)30(20-13-7-9-17(15-20)24(25,26)27)22(16-8-6-10-18(28)14-16)23(32)29-19-11-4-3-5-12-19/h1,6-10,13-15,19,22H,3-5,11-12,28H2,(H,29,32). The van der Waals surface area contributed by atoms with Crippen LogP contribution in [0.25, 0.3) is 0 Å². The number of carbonyl (C=O) groups is 2. The van der Waals surface area contributed by atoms with Crippen molar-refractivity contribution in [2.24, 2.45) is 0 Å². The van der Waals surface area contributed by atoms with Gasteiger partial charge in [-0.05, 0) is 54.7 Å². The molecule has 1 aliphatic rings. The Labute approximate surface area is 184 Å². The number of anilines is 2. The van der Waals surface area contributed by atoms with Gasteiger partial charge in [0.15, 0.2) is 0 Å². The number of nitrogen functional groups attached to an aromatic ring is 1. The van der Waals surface area contributed by atoms with Gasteiger partial charge in [-0.15, -0.1) is 6.42 Å². The van der Waals surface area contributed by atoms with Gasteiger partial charge in [0, 0.05) is 17.4 Å². The summed E-state index contributed by atoms with van der Waals surface area (Å²) in [4.78, 5) is 27.1. The molecule has 1 fully saturated rings. The number of amides is 2. The maximum absolute atomic E-state index is 13.4. The molecule has 1 unspecified atom stereocenters. The molecule has 2 amide bonds. The van der Waals surface area contributed by atoms with E-state index >= 15 is 0 Å². The van der Waals surface area contributed by atoms with Gasteiger partial charge in [-0.1, -0.05) is 37.5 Å². The Kier molecular flexibility index (Phi) is 7.08. The van der Waals surface area contributed by atoms with Crippen LogP contribution in [0.2, 0.25) is 0 Å². The van der Waals surface area contributed by atoms with Crippen LogP contribution in [-0.2, 0) is 15.8 Å². The molecule has 2 aromatic carbocycles. The second-order valence-corrected chi connectivity index (χ2v) is 7.78. The fraction of sp³-hybridized carbons (Fsp3) is 0.333. The third-order valence-corrected chi connectivity index (χ3v) is 5.48. The van der Waals surface area contributed by atoms with E-state index in [1.807, 2.05) is 5.92 Å². The van der Waals surface area contributed by atoms with Gasteiger partial charge >= 0.3 is 12.1 Å². The van der Waals surface area contributed by atoms with Crippen molar-refractivity contribution >= 4 is 23.2 Å². The van der Waals surface area contributed by atoms with Gasteiger partial charge in [-0.2, -0.15) is 13.2 Å². The first-order chi connectivity index (χ1) is 15.2. The maximum atomic E-state index is 13.4. The van der Waals surface area contributed by atoms with E-state index in [1.54, 1.807) is 18.2 Å². The van der Waals surface area contributed by atoms with Gasteiger partial charge < -0.3 is 11.1 Å². The zero-order valence-electron chi connectivity index (χ0n) is 17.4. The van der Waals surface area contributed by atoms with Crippen LogP contribution in [0.1, 0.15) is 49.3 Å². The molecule has 3 rings (SSSR count). The number of alkyl halides is 3. The highest BCUT2D eigenvalue weighted by atomic mass is 19.4. The van der Waals surface area contributed by atoms with Crippen LogP contribution < -0.4 is 16.0 Å². The number of rotatable bonds is 5. The highest BCUT2D eigenvalue weighted by Gasteiger charge is 2.36. The number of carbonyl (C=O) groups excluding carboxylic acids is 2. The van der Waals surface area contributed by atoms with Gasteiger partial charge in [0.2, 0.25) is 5.91 Å². The third-order valence-electron chi connectivity index (χ3n) is 5.48. The van der Waals surface area contributed by atoms with E-state index in [1.165, 1.54) is 18.2 Å². The minimum Gasteiger partial charge on any atom is -0.399 e. The van der Waals surface area contributed by atoms with E-state index in [4.69, 9.17) is 12.2 Å². The molecule has 8 heteroatoms. The molecular weight excluding hydrogens is 419 g/mol. The molecule has 3 N–H and O–H groups in total. The first-order valence-corrected chi connectivity index (χ1v) is 10.3. The molecular formula is C24H24F3N3O2. The largest absolute Gasteiger partial charge is 0.416 e. The Morgan fingerprint density at radius 2 is 1.78 bits per heavy atom. The molecule has 0 saturated heterocycles. The first kappa shape index (κ1) is 23.2. The van der Waals surface area contributed by atoms with Gasteiger partial charge in [-0.3, -0.25) is 14.5 Å². The molecule has 1 aliphatic carbocycles. The predicted octanol–water partition coefficient (Wildman–Crippen LogP) is 4.44. The molecule has 1 atom stereocenters. The summed E-state index contributed by atoms with van der Waals surface area (Å²) in [6.45, 7) is 0. The lowest BCUT2D eigenvalue weighted by atomic mass is 9.94. The lowest BCUT2D eigenvalue weighted by Crippen LogP contribution is -2.47. The number of hydrogen-bond donors (Lipinski definition) is 2. The highest BCUT2D eigenvalue weighted by molar-refractivity contribution is 6.09. The minimum absolute atomic E-state index is 0.0795. The number of nitrogens with one attached hydrogen (secondary N) is 1. The van der Waals surface area contributed by atoms with Crippen LogP contribution in [0.4, 0.5) is 24.5 Å². The molecule has 0 aromatic heterocycles. The summed E-state index contributed by atoms with van der Waals surface area (Å²) >= 11 is 0. The van der Waals surface area contributed by atoms with E-state index in [-0.39, 0.29) is 11.7 Å². The Morgan fingerprint density at radius 1 is 1.09 bits per heavy atom. The van der Waals surface area contributed by atoms with Crippen LogP contribution in [0.5, 0.6) is 0 Å². The minimum atomic E-state index is -4.63. The molecule has 1 saturated carbocycles. The van der Waals surface area contributed by atoms with Crippen molar-refractivity contribution in [3.63, 3.8) is 0 Å². The normalized spacial score (nSPS) is 15.4. The zero-order chi connectivity index (χ0) is 23.3. The number of hydrogen-bond acceptors (Lipinski definition) is 3. The average Bonchev–Trinajstić information content (AvgIpc) is 2.77. The van der Waals surface area contributed by atoms with E-state index in [0.717, 1.165) is 49.1 Å². The number of halogens is 3. The number of benzene rings is 2. The molecule has 0 bridgehead atoms. The molecule has 2 aromatic rings. The molecule has 168 valence electrons. The van der Waals surface area contributed by atoms with E-state index in [0.29, 0.717) is 11.3 Å². The Morgan fingerprint density at radius 3 is 2.41 bits per heavy atom. The topological polar surface area (TPSA) is 75.4 Å². The van der Waals surface area contributed by atoms with Gasteiger partial charge in [-0.25, -0.2) is 0 Å². The van der Waals surface area contributed by atoms with Crippen LogP contribution in [-0.4, -0.2) is 17.9 Å². The first-order valence-electron chi connectivity index (χ1n) is 10.3. The fourth-order valence-corrected chi connectivity index (χ4v) is 3.96. The fourth-order valence-electron chi connectivity index (χ4n) is 3.96. The second-order valence-electron chi connectivity index (χ2n) is 7.78. The van der Waals surface area contributed by atoms with Crippen molar-refractivity contribution in [3.05, 3.63) is 59.7 Å². The van der Waals surface area contributed by atoms with Crippen LogP contribution in [0, 0.1) is 12.3 Å². The van der Waals surface area contributed by atoms with E-state index in [9.17, 15) is 22.8 Å². The van der Waals surface area contributed by atoms with Crippen LogP contribution in [0.3, 0.4) is 0 Å². The van der Waals surface area contributed by atoms with Gasteiger partial charge in [0.05, 0.1) is 5.56 Å². The summed E-state index contributed by atoms with van der Waals surface area (Å²) < 4.78 is 40.0. The van der Waals surface area contributed by atoms with Crippen LogP contribution in [0.15, 0.2) is 48.5 Å². The third kappa shape index (κ3) is 5.41. The monoisotopic (exact) mass is 443 g/mol. The lowest BCUT2D eigenvalue weighted by Gasteiger charge is -2.32. The van der Waals surface area contributed by atoms with Crippen molar-refractivity contribution in [2.45, 2.75) is 50.4 Å². The zero-order valence-corrected chi connectivity index (χ0v) is 17.4. The Bertz CT molecular complexity index is 1020. The summed E-state index contributed by atoms with van der Waals surface area (Å²) in [7, 11) is 0. The summed E-state index contributed by atoms with van der Waals surface area (Å²) in [5.41, 5.74) is 5.49. The number of nitrogens with two attached hydrogens (primary N) is 1. The highest BCUT2D eigenvalue weighted by Crippen LogP contribution is 2.35. The Balaban J connectivity index is 2.09. The van der Waals surface area contributed by atoms with Crippen molar-refractivity contribution in [1.29, 1.82) is 0 Å². The molecule has 32 heavy (non-hydrogen) atoms. The summed E-state index contributed by atoms with van der Waals surface area (Å²) in [6, 6.07) is 9.13.